The maximum Gasteiger partial charge on any atom is 0.271 e. The van der Waals surface area contributed by atoms with Gasteiger partial charge in [0.1, 0.15) is 12.4 Å². The molecule has 6 nitrogen and oxygen atoms in total. The van der Waals surface area contributed by atoms with Crippen LogP contribution in [0.4, 0.5) is 0 Å². The Morgan fingerprint density at radius 2 is 1.58 bits per heavy atom. The third-order valence-electron chi connectivity index (χ3n) is 3.56. The van der Waals surface area contributed by atoms with E-state index >= 15 is 0 Å². The summed E-state index contributed by atoms with van der Waals surface area (Å²) in [7, 11) is 0. The van der Waals surface area contributed by atoms with Gasteiger partial charge >= 0.3 is 0 Å². The molecule has 0 fully saturated rings. The van der Waals surface area contributed by atoms with E-state index in [1.807, 2.05) is 30.3 Å². The number of hydrogen-bond acceptors (Lipinski definition) is 4. The van der Waals surface area contributed by atoms with Crippen molar-refractivity contribution >= 4 is 11.8 Å². The van der Waals surface area contributed by atoms with Gasteiger partial charge in [0.15, 0.2) is 0 Å². The van der Waals surface area contributed by atoms with Gasteiger partial charge in [-0.15, -0.1) is 0 Å². The quantitative estimate of drug-likeness (QED) is 0.696. The number of carbonyl (C=O) groups is 2. The van der Waals surface area contributed by atoms with Crippen molar-refractivity contribution in [3.05, 3.63) is 95.8 Å². The standard InChI is InChI=1S/C20H17N3O3/c24-19(22-23-20(25)17-9-5-11-21-13-17)16-8-4-10-18(12-16)26-14-15-6-2-1-3-7-15/h1-13H,14H2,(H,22,24)(H,23,25). The Morgan fingerprint density at radius 1 is 0.846 bits per heavy atom. The maximum absolute atomic E-state index is 12.2. The minimum absolute atomic E-state index is 0.354. The zero-order chi connectivity index (χ0) is 18.2. The molecule has 0 saturated carbocycles. The Hall–Kier alpha value is -3.67. The molecule has 0 spiro atoms. The molecule has 3 aromatic rings. The van der Waals surface area contributed by atoms with Crippen molar-refractivity contribution in [2.45, 2.75) is 6.61 Å². The molecule has 0 aliphatic carbocycles. The molecule has 0 atom stereocenters. The van der Waals surface area contributed by atoms with Gasteiger partial charge in [-0.25, -0.2) is 0 Å². The molecular weight excluding hydrogens is 330 g/mol. The first-order valence-electron chi connectivity index (χ1n) is 8.00. The van der Waals surface area contributed by atoms with Gasteiger partial charge in [-0.3, -0.25) is 25.4 Å². The molecule has 3 rings (SSSR count). The highest BCUT2D eigenvalue weighted by molar-refractivity contribution is 5.99. The summed E-state index contributed by atoms with van der Waals surface area (Å²) >= 11 is 0. The number of pyridine rings is 1. The number of rotatable bonds is 5. The Kier molecular flexibility index (Phi) is 5.57. The van der Waals surface area contributed by atoms with Crippen molar-refractivity contribution < 1.29 is 14.3 Å². The van der Waals surface area contributed by atoms with Gasteiger partial charge in [-0.05, 0) is 35.9 Å². The van der Waals surface area contributed by atoms with Gasteiger partial charge in [-0.1, -0.05) is 36.4 Å². The molecule has 26 heavy (non-hydrogen) atoms. The molecule has 0 aliphatic rings. The topological polar surface area (TPSA) is 80.3 Å². The van der Waals surface area contributed by atoms with E-state index in [2.05, 4.69) is 15.8 Å². The van der Waals surface area contributed by atoms with Gasteiger partial charge < -0.3 is 4.74 Å². The molecule has 0 saturated heterocycles. The predicted octanol–water partition coefficient (Wildman–Crippen LogP) is 2.74. The second-order valence-corrected chi connectivity index (χ2v) is 5.45. The summed E-state index contributed by atoms with van der Waals surface area (Å²) in [5, 5.41) is 0. The second kappa shape index (κ2) is 8.43. The molecule has 130 valence electrons. The SMILES string of the molecule is O=C(NNC(=O)c1cccc(OCc2ccccc2)c1)c1cccnc1. The molecule has 1 heterocycles. The summed E-state index contributed by atoms with van der Waals surface area (Å²) < 4.78 is 5.70. The first-order valence-corrected chi connectivity index (χ1v) is 8.00. The fourth-order valence-electron chi connectivity index (χ4n) is 2.22. The summed E-state index contributed by atoms with van der Waals surface area (Å²) in [6, 6.07) is 19.7. The molecule has 6 heteroatoms. The van der Waals surface area contributed by atoms with Gasteiger partial charge in [-0.2, -0.15) is 0 Å². The Morgan fingerprint density at radius 3 is 2.31 bits per heavy atom. The number of nitrogens with one attached hydrogen (secondary N) is 2. The highest BCUT2D eigenvalue weighted by atomic mass is 16.5. The first-order chi connectivity index (χ1) is 12.7. The van der Waals surface area contributed by atoms with Crippen LogP contribution in [0.3, 0.4) is 0 Å². The van der Waals surface area contributed by atoms with Crippen LogP contribution in [0.15, 0.2) is 79.1 Å². The minimum Gasteiger partial charge on any atom is -0.489 e. The zero-order valence-electron chi connectivity index (χ0n) is 13.9. The lowest BCUT2D eigenvalue weighted by atomic mass is 10.2. The summed E-state index contributed by atoms with van der Waals surface area (Å²) in [5.41, 5.74) is 6.50. The molecular formula is C20H17N3O3. The van der Waals surface area contributed by atoms with Crippen LogP contribution in [-0.4, -0.2) is 16.8 Å². The predicted molar refractivity (Wildman–Crippen MR) is 96.4 cm³/mol. The lowest BCUT2D eigenvalue weighted by Crippen LogP contribution is -2.41. The number of aromatic nitrogens is 1. The smallest absolute Gasteiger partial charge is 0.271 e. The van der Waals surface area contributed by atoms with Gasteiger partial charge in [0, 0.05) is 18.0 Å². The number of ether oxygens (including phenoxy) is 1. The summed E-state index contributed by atoms with van der Waals surface area (Å²) in [4.78, 5) is 28.0. The highest BCUT2D eigenvalue weighted by Gasteiger charge is 2.10. The van der Waals surface area contributed by atoms with Crippen LogP contribution < -0.4 is 15.6 Å². The van der Waals surface area contributed by atoms with Crippen molar-refractivity contribution in [2.24, 2.45) is 0 Å². The highest BCUT2D eigenvalue weighted by Crippen LogP contribution is 2.15. The summed E-state index contributed by atoms with van der Waals surface area (Å²) in [5.74, 6) is -0.310. The van der Waals surface area contributed by atoms with Crippen LogP contribution in [0.1, 0.15) is 26.3 Å². The number of benzene rings is 2. The molecule has 0 unspecified atom stereocenters. The Balaban J connectivity index is 1.57. The zero-order valence-corrected chi connectivity index (χ0v) is 13.9. The van der Waals surface area contributed by atoms with Gasteiger partial charge in [0.05, 0.1) is 5.56 Å². The van der Waals surface area contributed by atoms with Crippen LogP contribution in [0.25, 0.3) is 0 Å². The van der Waals surface area contributed by atoms with E-state index in [9.17, 15) is 9.59 Å². The first kappa shape index (κ1) is 17.2. The molecule has 2 amide bonds. The fraction of sp³-hybridized carbons (Fsp3) is 0.0500. The van der Waals surface area contributed by atoms with E-state index in [4.69, 9.17) is 4.74 Å². The maximum atomic E-state index is 12.2. The number of carbonyl (C=O) groups excluding carboxylic acids is 2. The van der Waals surface area contributed by atoms with E-state index in [1.165, 1.54) is 6.20 Å². The van der Waals surface area contributed by atoms with Gasteiger partial charge in [0.25, 0.3) is 11.8 Å². The minimum atomic E-state index is -0.442. The van der Waals surface area contributed by atoms with E-state index in [-0.39, 0.29) is 0 Å². The fourth-order valence-corrected chi connectivity index (χ4v) is 2.22. The second-order valence-electron chi connectivity index (χ2n) is 5.45. The number of nitrogens with zero attached hydrogens (tertiary/aromatic N) is 1. The molecule has 0 radical (unpaired) electrons. The Bertz CT molecular complexity index is 883. The third-order valence-corrected chi connectivity index (χ3v) is 3.56. The summed E-state index contributed by atoms with van der Waals surface area (Å²) in [6.07, 6.45) is 2.98. The van der Waals surface area contributed by atoms with Crippen molar-refractivity contribution in [3.8, 4) is 5.75 Å². The van der Waals surface area contributed by atoms with Crippen molar-refractivity contribution in [2.75, 3.05) is 0 Å². The van der Waals surface area contributed by atoms with Gasteiger partial charge in [0.2, 0.25) is 0 Å². The summed E-state index contributed by atoms with van der Waals surface area (Å²) in [6.45, 7) is 0.406. The van der Waals surface area contributed by atoms with Crippen LogP contribution in [0, 0.1) is 0 Å². The molecule has 1 aromatic heterocycles. The number of amides is 2. The van der Waals surface area contributed by atoms with Crippen molar-refractivity contribution in [1.82, 2.24) is 15.8 Å². The lowest BCUT2D eigenvalue weighted by molar-refractivity contribution is 0.0846. The number of hydrogen-bond donors (Lipinski definition) is 2. The van der Waals surface area contributed by atoms with Crippen LogP contribution in [-0.2, 0) is 6.61 Å². The van der Waals surface area contributed by atoms with E-state index < -0.39 is 11.8 Å². The lowest BCUT2D eigenvalue weighted by Gasteiger charge is -2.09. The largest absolute Gasteiger partial charge is 0.489 e. The third kappa shape index (κ3) is 4.67. The normalized spacial score (nSPS) is 10.0. The number of hydrazine groups is 1. The van der Waals surface area contributed by atoms with Crippen molar-refractivity contribution in [3.63, 3.8) is 0 Å². The average Bonchev–Trinajstić information content (AvgIpc) is 2.72. The van der Waals surface area contributed by atoms with Crippen LogP contribution in [0.5, 0.6) is 5.75 Å². The monoisotopic (exact) mass is 347 g/mol. The molecule has 2 N–H and O–H groups in total. The Labute approximate surface area is 150 Å². The average molecular weight is 347 g/mol. The van der Waals surface area contributed by atoms with E-state index in [0.717, 1.165) is 5.56 Å². The van der Waals surface area contributed by atoms with E-state index in [1.54, 1.807) is 42.6 Å². The van der Waals surface area contributed by atoms with Crippen LogP contribution >= 0.6 is 0 Å². The van der Waals surface area contributed by atoms with E-state index in [0.29, 0.717) is 23.5 Å². The van der Waals surface area contributed by atoms with Crippen molar-refractivity contribution in [1.29, 1.82) is 0 Å². The molecule has 0 aliphatic heterocycles. The van der Waals surface area contributed by atoms with Crippen LogP contribution in [0.2, 0.25) is 0 Å². The molecule has 0 bridgehead atoms. The molecule has 2 aromatic carbocycles.